The molecule has 2 aromatic heterocycles. The van der Waals surface area contributed by atoms with E-state index in [0.717, 1.165) is 30.0 Å². The Morgan fingerprint density at radius 2 is 1.67 bits per heavy atom. The number of aromatic nitrogens is 3. The molecule has 0 atom stereocenters. The molecule has 1 aliphatic rings. The van der Waals surface area contributed by atoms with Gasteiger partial charge >= 0.3 is 0 Å². The molecule has 1 amide bonds. The molecule has 2 aromatic carbocycles. The Morgan fingerprint density at radius 1 is 0.900 bits per heavy atom. The van der Waals surface area contributed by atoms with Gasteiger partial charge in [-0.05, 0) is 49.6 Å². The van der Waals surface area contributed by atoms with Crippen LogP contribution in [0.15, 0.2) is 73.1 Å². The van der Waals surface area contributed by atoms with Gasteiger partial charge in [-0.15, -0.1) is 0 Å². The summed E-state index contributed by atoms with van der Waals surface area (Å²) >= 11 is 0. The van der Waals surface area contributed by atoms with E-state index in [-0.39, 0.29) is 5.91 Å². The van der Waals surface area contributed by atoms with Gasteiger partial charge in [-0.25, -0.2) is 9.50 Å². The Hall–Kier alpha value is -3.67. The molecule has 3 heterocycles. The van der Waals surface area contributed by atoms with E-state index in [0.29, 0.717) is 11.2 Å². The number of amides is 1. The Labute approximate surface area is 175 Å². The van der Waals surface area contributed by atoms with E-state index in [1.807, 2.05) is 48.5 Å². The van der Waals surface area contributed by atoms with Crippen molar-refractivity contribution in [3.63, 3.8) is 0 Å². The van der Waals surface area contributed by atoms with Crippen molar-refractivity contribution in [3.05, 3.63) is 78.6 Å². The van der Waals surface area contributed by atoms with Gasteiger partial charge in [0.25, 0.3) is 5.91 Å². The van der Waals surface area contributed by atoms with Crippen LogP contribution in [0.5, 0.6) is 0 Å². The van der Waals surface area contributed by atoms with Gasteiger partial charge in [0, 0.05) is 36.2 Å². The topological polar surface area (TPSA) is 62.5 Å². The van der Waals surface area contributed by atoms with Crippen molar-refractivity contribution in [1.82, 2.24) is 14.6 Å². The molecule has 6 nitrogen and oxygen atoms in total. The summed E-state index contributed by atoms with van der Waals surface area (Å²) in [6.07, 6.45) is 7.08. The number of nitrogens with zero attached hydrogens (tertiary/aromatic N) is 4. The molecule has 4 aromatic rings. The van der Waals surface area contributed by atoms with Crippen LogP contribution in [0.1, 0.15) is 29.6 Å². The third-order valence-electron chi connectivity index (χ3n) is 5.56. The molecule has 5 rings (SSSR count). The summed E-state index contributed by atoms with van der Waals surface area (Å²) < 4.78 is 1.71. The fourth-order valence-electron chi connectivity index (χ4n) is 3.99. The second-order valence-electron chi connectivity index (χ2n) is 7.54. The second kappa shape index (κ2) is 7.99. The van der Waals surface area contributed by atoms with Crippen LogP contribution in [0, 0.1) is 0 Å². The van der Waals surface area contributed by atoms with Gasteiger partial charge in [0.1, 0.15) is 5.56 Å². The molecule has 0 saturated carbocycles. The highest BCUT2D eigenvalue weighted by Crippen LogP contribution is 2.23. The van der Waals surface area contributed by atoms with Crippen molar-refractivity contribution in [3.8, 4) is 11.3 Å². The average Bonchev–Trinajstić information content (AvgIpc) is 3.25. The SMILES string of the molecule is O=C(Nc1ccc(N2CCCCC2)cc1)c1cnn2c(-c3ccccc3)ccnc12. The monoisotopic (exact) mass is 397 g/mol. The van der Waals surface area contributed by atoms with Gasteiger partial charge in [-0.3, -0.25) is 4.79 Å². The van der Waals surface area contributed by atoms with Crippen LogP contribution < -0.4 is 10.2 Å². The molecule has 0 bridgehead atoms. The standard InChI is InChI=1S/C24H23N5O/c30-24(27-19-9-11-20(12-10-19)28-15-5-2-6-16-28)21-17-26-29-22(13-14-25-23(21)29)18-7-3-1-4-8-18/h1,3-4,7-14,17H,2,5-6,15-16H2,(H,27,30). The summed E-state index contributed by atoms with van der Waals surface area (Å²) in [5.74, 6) is -0.214. The Balaban J connectivity index is 1.38. The first-order valence-electron chi connectivity index (χ1n) is 10.3. The maximum absolute atomic E-state index is 12.9. The first-order chi connectivity index (χ1) is 14.8. The maximum Gasteiger partial charge on any atom is 0.261 e. The Bertz CT molecular complexity index is 1160. The number of hydrogen-bond acceptors (Lipinski definition) is 4. The van der Waals surface area contributed by atoms with E-state index in [9.17, 15) is 4.79 Å². The Morgan fingerprint density at radius 3 is 2.43 bits per heavy atom. The van der Waals surface area contributed by atoms with E-state index >= 15 is 0 Å². The van der Waals surface area contributed by atoms with E-state index in [4.69, 9.17) is 0 Å². The average molecular weight is 397 g/mol. The van der Waals surface area contributed by atoms with Crippen LogP contribution in [-0.4, -0.2) is 33.6 Å². The van der Waals surface area contributed by atoms with Crippen LogP contribution in [0.25, 0.3) is 16.9 Å². The van der Waals surface area contributed by atoms with Crippen molar-refractivity contribution in [2.75, 3.05) is 23.3 Å². The largest absolute Gasteiger partial charge is 0.372 e. The first kappa shape index (κ1) is 18.4. The number of hydrogen-bond donors (Lipinski definition) is 1. The summed E-state index contributed by atoms with van der Waals surface area (Å²) in [5.41, 5.74) is 4.88. The van der Waals surface area contributed by atoms with Gasteiger partial charge in [-0.1, -0.05) is 30.3 Å². The second-order valence-corrected chi connectivity index (χ2v) is 7.54. The molecule has 1 N–H and O–H groups in total. The summed E-state index contributed by atoms with van der Waals surface area (Å²) in [6.45, 7) is 2.20. The molecular formula is C24H23N5O. The highest BCUT2D eigenvalue weighted by Gasteiger charge is 2.17. The number of rotatable bonds is 4. The third-order valence-corrected chi connectivity index (χ3v) is 5.56. The first-order valence-corrected chi connectivity index (χ1v) is 10.3. The van der Waals surface area contributed by atoms with Crippen molar-refractivity contribution in [2.45, 2.75) is 19.3 Å². The fourth-order valence-corrected chi connectivity index (χ4v) is 3.99. The van der Waals surface area contributed by atoms with Crippen molar-refractivity contribution in [1.29, 1.82) is 0 Å². The summed E-state index contributed by atoms with van der Waals surface area (Å²) in [6, 6.07) is 19.9. The zero-order chi connectivity index (χ0) is 20.3. The van der Waals surface area contributed by atoms with Crippen molar-refractivity contribution >= 4 is 22.9 Å². The van der Waals surface area contributed by atoms with E-state index in [2.05, 4.69) is 32.4 Å². The molecule has 1 fully saturated rings. The molecule has 6 heteroatoms. The maximum atomic E-state index is 12.9. The van der Waals surface area contributed by atoms with Crippen LogP contribution in [0.4, 0.5) is 11.4 Å². The molecule has 1 aliphatic heterocycles. The lowest BCUT2D eigenvalue weighted by molar-refractivity contribution is 0.102. The number of nitrogens with one attached hydrogen (secondary N) is 1. The lowest BCUT2D eigenvalue weighted by Crippen LogP contribution is -2.29. The zero-order valence-corrected chi connectivity index (χ0v) is 16.7. The lowest BCUT2D eigenvalue weighted by Gasteiger charge is -2.28. The molecule has 1 saturated heterocycles. The quantitative estimate of drug-likeness (QED) is 0.545. The molecule has 0 radical (unpaired) electrons. The number of fused-ring (bicyclic) bond motifs is 1. The van der Waals surface area contributed by atoms with Crippen LogP contribution in [0.3, 0.4) is 0 Å². The molecule has 150 valence electrons. The van der Waals surface area contributed by atoms with E-state index in [1.54, 1.807) is 16.9 Å². The fraction of sp³-hybridized carbons (Fsp3) is 0.208. The van der Waals surface area contributed by atoms with Crippen molar-refractivity contribution in [2.24, 2.45) is 0 Å². The predicted octanol–water partition coefficient (Wildman–Crippen LogP) is 4.64. The van der Waals surface area contributed by atoms with Crippen LogP contribution in [-0.2, 0) is 0 Å². The molecule has 0 aliphatic carbocycles. The number of carbonyl (C=O) groups excluding carboxylic acids is 1. The predicted molar refractivity (Wildman–Crippen MR) is 119 cm³/mol. The summed E-state index contributed by atoms with van der Waals surface area (Å²) in [4.78, 5) is 19.7. The number of carbonyl (C=O) groups is 1. The van der Waals surface area contributed by atoms with Gasteiger partial charge in [0.2, 0.25) is 0 Å². The molecule has 0 unspecified atom stereocenters. The van der Waals surface area contributed by atoms with Gasteiger partial charge in [0.15, 0.2) is 5.65 Å². The number of benzene rings is 2. The highest BCUT2D eigenvalue weighted by molar-refractivity contribution is 6.08. The minimum Gasteiger partial charge on any atom is -0.372 e. The van der Waals surface area contributed by atoms with Gasteiger partial charge < -0.3 is 10.2 Å². The third kappa shape index (κ3) is 3.52. The Kier molecular flexibility index (Phi) is 4.89. The molecule has 30 heavy (non-hydrogen) atoms. The summed E-state index contributed by atoms with van der Waals surface area (Å²) in [5, 5.41) is 7.39. The normalized spacial score (nSPS) is 14.1. The van der Waals surface area contributed by atoms with Crippen LogP contribution >= 0.6 is 0 Å². The lowest BCUT2D eigenvalue weighted by atomic mass is 10.1. The van der Waals surface area contributed by atoms with E-state index in [1.165, 1.54) is 24.9 Å². The highest BCUT2D eigenvalue weighted by atomic mass is 16.1. The zero-order valence-electron chi connectivity index (χ0n) is 16.7. The van der Waals surface area contributed by atoms with Gasteiger partial charge in [-0.2, -0.15) is 5.10 Å². The van der Waals surface area contributed by atoms with Crippen molar-refractivity contribution < 1.29 is 4.79 Å². The van der Waals surface area contributed by atoms with Gasteiger partial charge in [0.05, 0.1) is 11.9 Å². The van der Waals surface area contributed by atoms with Crippen LogP contribution in [0.2, 0.25) is 0 Å². The molecular weight excluding hydrogens is 374 g/mol. The number of piperidine rings is 1. The minimum absolute atomic E-state index is 0.214. The molecule has 0 spiro atoms. The number of anilines is 2. The smallest absolute Gasteiger partial charge is 0.261 e. The minimum atomic E-state index is -0.214. The van der Waals surface area contributed by atoms with E-state index < -0.39 is 0 Å². The summed E-state index contributed by atoms with van der Waals surface area (Å²) in [7, 11) is 0.